The van der Waals surface area contributed by atoms with Crippen LogP contribution >= 0.6 is 23.5 Å². The van der Waals surface area contributed by atoms with Gasteiger partial charge in [0.1, 0.15) is 10.7 Å². The Labute approximate surface area is 174 Å². The van der Waals surface area contributed by atoms with Gasteiger partial charge in [-0.05, 0) is 41.6 Å². The molecule has 0 aliphatic carbocycles. The third-order valence-electron chi connectivity index (χ3n) is 3.72. The number of aromatic nitrogens is 3. The van der Waals surface area contributed by atoms with Gasteiger partial charge in [0.15, 0.2) is 0 Å². The van der Waals surface area contributed by atoms with Crippen molar-refractivity contribution < 1.29 is 14.8 Å². The summed E-state index contributed by atoms with van der Waals surface area (Å²) in [6.45, 7) is 1.90. The van der Waals surface area contributed by atoms with Gasteiger partial charge in [-0.3, -0.25) is 15.2 Å². The number of hydrogen-bond acceptors (Lipinski definition) is 7. The largest absolute Gasteiger partial charge is 0.477 e. The van der Waals surface area contributed by atoms with Crippen LogP contribution in [0.1, 0.15) is 18.3 Å². The topological polar surface area (TPSA) is 122 Å². The van der Waals surface area contributed by atoms with Gasteiger partial charge in [-0.1, -0.05) is 36.9 Å². The molecule has 0 spiro atoms. The van der Waals surface area contributed by atoms with Gasteiger partial charge in [-0.2, -0.15) is 0 Å². The summed E-state index contributed by atoms with van der Waals surface area (Å²) in [6, 6.07) is 13.9. The van der Waals surface area contributed by atoms with Crippen molar-refractivity contribution in [2.24, 2.45) is 0 Å². The molecule has 2 aromatic carbocycles. The van der Waals surface area contributed by atoms with Crippen LogP contribution in [0.15, 0.2) is 68.4 Å². The Morgan fingerprint density at radius 1 is 1.28 bits per heavy atom. The molecule has 1 aromatic heterocycles. The fourth-order valence-electron chi connectivity index (χ4n) is 2.33. The second-order valence-electron chi connectivity index (χ2n) is 5.73. The Morgan fingerprint density at radius 2 is 2.03 bits per heavy atom. The number of non-ortho nitro benzene ring substituents is 1. The number of carbonyl (C=O) groups is 1. The van der Waals surface area contributed by atoms with Crippen molar-refractivity contribution in [3.05, 3.63) is 74.9 Å². The smallest absolute Gasteiger partial charge is 0.342 e. The lowest BCUT2D eigenvalue weighted by Gasteiger charge is -2.07. The number of thioether (sulfide) groups is 1. The van der Waals surface area contributed by atoms with E-state index in [1.165, 1.54) is 30.0 Å². The summed E-state index contributed by atoms with van der Waals surface area (Å²) in [5, 5.41) is 27.8. The molecule has 0 radical (unpaired) electrons. The number of nitrogens with one attached hydrogen (secondary N) is 1. The first-order valence-corrected chi connectivity index (χ1v) is 10.1. The van der Waals surface area contributed by atoms with E-state index in [0.717, 1.165) is 16.7 Å². The standard InChI is InChI=1S/C19H16N4O4S2/c1-2-17-20-19(22-21-17)29-16(18(24)25)11-12-10-13(23(26)27)8-9-15(12)28-14-6-4-3-5-7-14/h3-11H,2H2,1H3,(H,24,25)(H,20,21,22)/b16-11+. The van der Waals surface area contributed by atoms with Crippen LogP contribution in [0.25, 0.3) is 6.08 Å². The minimum absolute atomic E-state index is 0.0398. The Morgan fingerprint density at radius 3 is 2.66 bits per heavy atom. The van der Waals surface area contributed by atoms with E-state index in [4.69, 9.17) is 0 Å². The molecule has 2 N–H and O–H groups in total. The molecule has 0 saturated carbocycles. The van der Waals surface area contributed by atoms with Crippen LogP contribution in [0.4, 0.5) is 5.69 Å². The molecule has 0 amide bonds. The average molecular weight is 428 g/mol. The van der Waals surface area contributed by atoms with Crippen LogP contribution < -0.4 is 0 Å². The number of benzene rings is 2. The summed E-state index contributed by atoms with van der Waals surface area (Å²) >= 11 is 2.28. The number of nitrogens with zero attached hydrogens (tertiary/aromatic N) is 3. The molecule has 0 atom stereocenters. The highest BCUT2D eigenvalue weighted by atomic mass is 32.2. The van der Waals surface area contributed by atoms with Crippen molar-refractivity contribution in [2.45, 2.75) is 28.3 Å². The lowest BCUT2D eigenvalue weighted by molar-refractivity contribution is -0.384. The number of carboxylic acids is 1. The van der Waals surface area contributed by atoms with Gasteiger partial charge in [0.2, 0.25) is 5.16 Å². The summed E-state index contributed by atoms with van der Waals surface area (Å²) in [4.78, 5) is 28.3. The molecule has 3 rings (SSSR count). The van der Waals surface area contributed by atoms with Crippen molar-refractivity contribution in [3.8, 4) is 0 Å². The Balaban J connectivity index is 2.00. The van der Waals surface area contributed by atoms with Crippen LogP contribution in [0.2, 0.25) is 0 Å². The number of nitro groups is 1. The van der Waals surface area contributed by atoms with Gasteiger partial charge in [0.25, 0.3) is 5.69 Å². The van der Waals surface area contributed by atoms with E-state index in [9.17, 15) is 20.0 Å². The molecule has 0 fully saturated rings. The minimum atomic E-state index is -1.17. The number of aromatic amines is 1. The van der Waals surface area contributed by atoms with E-state index in [1.807, 2.05) is 37.3 Å². The maximum absolute atomic E-state index is 11.8. The lowest BCUT2D eigenvalue weighted by atomic mass is 10.2. The Kier molecular flexibility index (Phi) is 6.68. The van der Waals surface area contributed by atoms with E-state index in [0.29, 0.717) is 22.7 Å². The van der Waals surface area contributed by atoms with E-state index in [2.05, 4.69) is 15.2 Å². The number of hydrogen-bond donors (Lipinski definition) is 2. The van der Waals surface area contributed by atoms with E-state index in [1.54, 1.807) is 6.07 Å². The van der Waals surface area contributed by atoms with Crippen LogP contribution in [0.3, 0.4) is 0 Å². The highest BCUT2D eigenvalue weighted by Gasteiger charge is 2.17. The number of carboxylic acid groups (broad SMARTS) is 1. The van der Waals surface area contributed by atoms with Crippen LogP contribution in [-0.4, -0.2) is 31.2 Å². The van der Waals surface area contributed by atoms with Crippen LogP contribution in [-0.2, 0) is 11.2 Å². The zero-order chi connectivity index (χ0) is 20.8. The molecule has 0 saturated heterocycles. The van der Waals surface area contributed by atoms with Gasteiger partial charge < -0.3 is 5.11 Å². The van der Waals surface area contributed by atoms with Crippen molar-refractivity contribution >= 4 is 41.3 Å². The fourth-order valence-corrected chi connectivity index (χ4v) is 3.96. The SMILES string of the molecule is CCc1nc(S/C(=C/c2cc([N+](=O)[O-])ccc2Sc2ccccc2)C(=O)O)n[nH]1. The molecule has 3 aromatic rings. The molecule has 10 heteroatoms. The second-order valence-corrected chi connectivity index (χ2v) is 7.85. The third-order valence-corrected chi connectivity index (χ3v) is 5.70. The predicted octanol–water partition coefficient (Wildman–Crippen LogP) is 4.64. The number of rotatable bonds is 8. The molecule has 8 nitrogen and oxygen atoms in total. The summed E-state index contributed by atoms with van der Waals surface area (Å²) < 4.78 is 0. The minimum Gasteiger partial charge on any atom is -0.477 e. The molecular weight excluding hydrogens is 412 g/mol. The van der Waals surface area contributed by atoms with Crippen molar-refractivity contribution in [1.29, 1.82) is 0 Å². The first kappa shape index (κ1) is 20.6. The highest BCUT2D eigenvalue weighted by Crippen LogP contribution is 2.35. The normalized spacial score (nSPS) is 11.4. The zero-order valence-electron chi connectivity index (χ0n) is 15.2. The maximum atomic E-state index is 11.8. The van der Waals surface area contributed by atoms with Crippen molar-refractivity contribution in [1.82, 2.24) is 15.2 Å². The molecule has 148 valence electrons. The first-order valence-electron chi connectivity index (χ1n) is 8.51. The number of nitro benzene ring substituents is 1. The molecule has 0 aliphatic rings. The quantitative estimate of drug-likeness (QED) is 0.230. The fraction of sp³-hybridized carbons (Fsp3) is 0.105. The monoisotopic (exact) mass is 428 g/mol. The van der Waals surface area contributed by atoms with Crippen molar-refractivity contribution in [2.75, 3.05) is 0 Å². The van der Waals surface area contributed by atoms with Gasteiger partial charge in [0.05, 0.1) is 4.92 Å². The van der Waals surface area contributed by atoms with Gasteiger partial charge in [-0.25, -0.2) is 9.78 Å². The van der Waals surface area contributed by atoms with Gasteiger partial charge in [-0.15, -0.1) is 5.10 Å². The second kappa shape index (κ2) is 9.39. The average Bonchev–Trinajstić information content (AvgIpc) is 3.17. The van der Waals surface area contributed by atoms with Gasteiger partial charge >= 0.3 is 5.97 Å². The van der Waals surface area contributed by atoms with Crippen LogP contribution in [0.5, 0.6) is 0 Å². The van der Waals surface area contributed by atoms with Crippen molar-refractivity contribution in [3.63, 3.8) is 0 Å². The number of H-pyrrole nitrogens is 1. The Hall–Kier alpha value is -3.11. The lowest BCUT2D eigenvalue weighted by Crippen LogP contribution is -1.98. The number of aryl methyl sites for hydroxylation is 1. The zero-order valence-corrected chi connectivity index (χ0v) is 16.9. The van der Waals surface area contributed by atoms with E-state index >= 15 is 0 Å². The van der Waals surface area contributed by atoms with E-state index in [-0.39, 0.29) is 15.7 Å². The molecule has 0 bridgehead atoms. The van der Waals surface area contributed by atoms with E-state index < -0.39 is 10.9 Å². The molecule has 0 aliphatic heterocycles. The first-order chi connectivity index (χ1) is 14.0. The molecule has 0 unspecified atom stereocenters. The van der Waals surface area contributed by atoms with Gasteiger partial charge in [0, 0.05) is 28.3 Å². The molecular formula is C19H16N4O4S2. The maximum Gasteiger partial charge on any atom is 0.342 e. The highest BCUT2D eigenvalue weighted by molar-refractivity contribution is 8.04. The summed E-state index contributed by atoms with van der Waals surface area (Å²) in [5.74, 6) is -0.520. The molecule has 1 heterocycles. The third kappa shape index (κ3) is 5.46. The Bertz CT molecular complexity index is 1070. The van der Waals surface area contributed by atoms with Crippen LogP contribution in [0, 0.1) is 10.1 Å². The number of aliphatic carboxylic acids is 1. The summed E-state index contributed by atoms with van der Waals surface area (Å²) in [6.07, 6.45) is 2.05. The molecule has 29 heavy (non-hydrogen) atoms. The summed E-state index contributed by atoms with van der Waals surface area (Å²) in [5.41, 5.74) is 0.318. The summed E-state index contributed by atoms with van der Waals surface area (Å²) in [7, 11) is 0. The predicted molar refractivity (Wildman–Crippen MR) is 111 cm³/mol.